The summed E-state index contributed by atoms with van der Waals surface area (Å²) in [5.74, 6) is -0.742. The van der Waals surface area contributed by atoms with E-state index in [4.69, 9.17) is 0 Å². The highest BCUT2D eigenvalue weighted by atomic mass is 19.1. The van der Waals surface area contributed by atoms with Gasteiger partial charge in [-0.3, -0.25) is 4.79 Å². The van der Waals surface area contributed by atoms with Crippen LogP contribution in [0.1, 0.15) is 36.2 Å². The van der Waals surface area contributed by atoms with Crippen LogP contribution in [-0.4, -0.2) is 28.1 Å². The second-order valence-electron chi connectivity index (χ2n) is 4.34. The van der Waals surface area contributed by atoms with E-state index in [0.29, 0.717) is 12.8 Å². The molecule has 0 aromatic carbocycles. The average Bonchev–Trinajstić information content (AvgIpc) is 2.33. The normalized spacial score (nSPS) is 24.4. The van der Waals surface area contributed by atoms with Gasteiger partial charge >= 0.3 is 0 Å². The summed E-state index contributed by atoms with van der Waals surface area (Å²) in [6.45, 7) is 0. The van der Waals surface area contributed by atoms with Gasteiger partial charge in [-0.15, -0.1) is 0 Å². The quantitative estimate of drug-likeness (QED) is 0.815. The van der Waals surface area contributed by atoms with Gasteiger partial charge in [-0.05, 0) is 37.8 Å². The SMILES string of the molecule is O=C(NC1CCC(O)CC1)c1ccc(F)cn1. The zero-order valence-electron chi connectivity index (χ0n) is 9.40. The first kappa shape index (κ1) is 12.0. The molecule has 0 atom stereocenters. The summed E-state index contributed by atoms with van der Waals surface area (Å²) >= 11 is 0. The monoisotopic (exact) mass is 238 g/mol. The number of hydrogen-bond acceptors (Lipinski definition) is 3. The topological polar surface area (TPSA) is 62.2 Å². The van der Waals surface area contributed by atoms with Crippen molar-refractivity contribution < 1.29 is 14.3 Å². The van der Waals surface area contributed by atoms with Crippen molar-refractivity contribution in [2.75, 3.05) is 0 Å². The standard InChI is InChI=1S/C12H15FN2O2/c13-8-1-6-11(14-7-8)12(17)15-9-2-4-10(16)5-3-9/h1,6-7,9-10,16H,2-5H2,(H,15,17). The van der Waals surface area contributed by atoms with E-state index in [1.165, 1.54) is 12.1 Å². The lowest BCUT2D eigenvalue weighted by Crippen LogP contribution is -2.38. The van der Waals surface area contributed by atoms with Gasteiger partial charge in [0.1, 0.15) is 11.5 Å². The largest absolute Gasteiger partial charge is 0.393 e. The van der Waals surface area contributed by atoms with Crippen LogP contribution >= 0.6 is 0 Å². The maximum atomic E-state index is 12.6. The van der Waals surface area contributed by atoms with Crippen molar-refractivity contribution in [1.29, 1.82) is 0 Å². The van der Waals surface area contributed by atoms with Crippen molar-refractivity contribution in [3.8, 4) is 0 Å². The molecule has 1 aliphatic rings. The van der Waals surface area contributed by atoms with Crippen molar-refractivity contribution in [3.63, 3.8) is 0 Å². The van der Waals surface area contributed by atoms with Crippen molar-refractivity contribution >= 4 is 5.91 Å². The van der Waals surface area contributed by atoms with E-state index in [1.54, 1.807) is 0 Å². The highest BCUT2D eigenvalue weighted by Crippen LogP contribution is 2.18. The number of halogens is 1. The second-order valence-corrected chi connectivity index (χ2v) is 4.34. The zero-order chi connectivity index (χ0) is 12.3. The molecule has 1 saturated carbocycles. The molecule has 1 heterocycles. The van der Waals surface area contributed by atoms with Crippen LogP contribution in [0.4, 0.5) is 4.39 Å². The summed E-state index contributed by atoms with van der Waals surface area (Å²) in [6.07, 6.45) is 3.75. The minimum Gasteiger partial charge on any atom is -0.393 e. The maximum absolute atomic E-state index is 12.6. The van der Waals surface area contributed by atoms with Gasteiger partial charge in [0.05, 0.1) is 12.3 Å². The van der Waals surface area contributed by atoms with E-state index in [-0.39, 0.29) is 23.7 Å². The zero-order valence-corrected chi connectivity index (χ0v) is 9.40. The molecule has 1 fully saturated rings. The molecule has 0 spiro atoms. The van der Waals surface area contributed by atoms with Crippen LogP contribution in [-0.2, 0) is 0 Å². The van der Waals surface area contributed by atoms with Crippen LogP contribution < -0.4 is 5.32 Å². The molecule has 1 aliphatic carbocycles. The number of rotatable bonds is 2. The number of pyridine rings is 1. The Bertz CT molecular complexity index is 386. The van der Waals surface area contributed by atoms with E-state index in [9.17, 15) is 14.3 Å². The van der Waals surface area contributed by atoms with Gasteiger partial charge in [-0.1, -0.05) is 0 Å². The number of aromatic nitrogens is 1. The van der Waals surface area contributed by atoms with Gasteiger partial charge in [0, 0.05) is 6.04 Å². The lowest BCUT2D eigenvalue weighted by Gasteiger charge is -2.25. The second kappa shape index (κ2) is 5.23. The Hall–Kier alpha value is -1.49. The lowest BCUT2D eigenvalue weighted by molar-refractivity contribution is 0.0863. The minimum absolute atomic E-state index is 0.0813. The highest BCUT2D eigenvalue weighted by molar-refractivity contribution is 5.92. The Morgan fingerprint density at radius 3 is 2.65 bits per heavy atom. The van der Waals surface area contributed by atoms with E-state index < -0.39 is 5.82 Å². The molecule has 0 saturated heterocycles. The molecule has 4 nitrogen and oxygen atoms in total. The predicted octanol–water partition coefficient (Wildman–Crippen LogP) is 1.25. The third kappa shape index (κ3) is 3.23. The summed E-state index contributed by atoms with van der Waals surface area (Å²) in [7, 11) is 0. The molecule has 1 aromatic heterocycles. The fraction of sp³-hybridized carbons (Fsp3) is 0.500. The molecule has 0 bridgehead atoms. The van der Waals surface area contributed by atoms with Crippen LogP contribution in [0.5, 0.6) is 0 Å². The Morgan fingerprint density at radius 1 is 1.35 bits per heavy atom. The third-order valence-electron chi connectivity index (χ3n) is 2.99. The van der Waals surface area contributed by atoms with Gasteiger partial charge in [-0.2, -0.15) is 0 Å². The highest BCUT2D eigenvalue weighted by Gasteiger charge is 2.21. The molecule has 2 rings (SSSR count). The number of nitrogens with zero attached hydrogens (tertiary/aromatic N) is 1. The molecule has 1 aromatic rings. The van der Waals surface area contributed by atoms with Gasteiger partial charge in [0.25, 0.3) is 5.91 Å². The molecular formula is C12H15FN2O2. The smallest absolute Gasteiger partial charge is 0.270 e. The van der Waals surface area contributed by atoms with Crippen LogP contribution in [0.25, 0.3) is 0 Å². The van der Waals surface area contributed by atoms with Crippen molar-refractivity contribution in [2.45, 2.75) is 37.8 Å². The van der Waals surface area contributed by atoms with Crippen LogP contribution in [0.3, 0.4) is 0 Å². The van der Waals surface area contributed by atoms with E-state index >= 15 is 0 Å². The van der Waals surface area contributed by atoms with Gasteiger partial charge in [0.15, 0.2) is 0 Å². The number of hydrogen-bond donors (Lipinski definition) is 2. The number of carbonyl (C=O) groups excluding carboxylic acids is 1. The van der Waals surface area contributed by atoms with E-state index in [2.05, 4.69) is 10.3 Å². The Labute approximate surface area is 98.9 Å². The van der Waals surface area contributed by atoms with Gasteiger partial charge < -0.3 is 10.4 Å². The van der Waals surface area contributed by atoms with Gasteiger partial charge in [-0.25, -0.2) is 9.37 Å². The Balaban J connectivity index is 1.91. The average molecular weight is 238 g/mol. The molecule has 0 radical (unpaired) electrons. The van der Waals surface area contributed by atoms with Gasteiger partial charge in [0.2, 0.25) is 0 Å². The van der Waals surface area contributed by atoms with Crippen molar-refractivity contribution in [2.24, 2.45) is 0 Å². The molecule has 0 aliphatic heterocycles. The molecular weight excluding hydrogens is 223 g/mol. The lowest BCUT2D eigenvalue weighted by atomic mass is 9.93. The molecule has 2 N–H and O–H groups in total. The fourth-order valence-electron chi connectivity index (χ4n) is 1.99. The minimum atomic E-state index is -0.456. The Morgan fingerprint density at radius 2 is 2.06 bits per heavy atom. The molecule has 5 heteroatoms. The number of aliphatic hydroxyl groups excluding tert-OH is 1. The molecule has 17 heavy (non-hydrogen) atoms. The number of nitrogens with one attached hydrogen (secondary N) is 1. The Kier molecular flexibility index (Phi) is 3.68. The first-order valence-corrected chi connectivity index (χ1v) is 5.75. The van der Waals surface area contributed by atoms with Crippen molar-refractivity contribution in [1.82, 2.24) is 10.3 Å². The summed E-state index contributed by atoms with van der Waals surface area (Å²) in [5, 5.41) is 12.2. The third-order valence-corrected chi connectivity index (χ3v) is 2.99. The van der Waals surface area contributed by atoms with E-state index in [1.807, 2.05) is 0 Å². The summed E-state index contributed by atoms with van der Waals surface area (Å²) in [6, 6.07) is 2.66. The van der Waals surface area contributed by atoms with Crippen LogP contribution in [0.15, 0.2) is 18.3 Å². The fourth-order valence-corrected chi connectivity index (χ4v) is 1.99. The molecule has 0 unspecified atom stereocenters. The predicted molar refractivity (Wildman–Crippen MR) is 59.9 cm³/mol. The summed E-state index contributed by atoms with van der Waals surface area (Å²) in [5.41, 5.74) is 0.220. The summed E-state index contributed by atoms with van der Waals surface area (Å²) in [4.78, 5) is 15.5. The number of aliphatic hydroxyl groups is 1. The molecule has 1 amide bonds. The van der Waals surface area contributed by atoms with Crippen LogP contribution in [0.2, 0.25) is 0 Å². The summed E-state index contributed by atoms with van der Waals surface area (Å²) < 4.78 is 12.6. The van der Waals surface area contributed by atoms with E-state index in [0.717, 1.165) is 19.0 Å². The molecule has 92 valence electrons. The first-order valence-electron chi connectivity index (χ1n) is 5.75. The van der Waals surface area contributed by atoms with Crippen molar-refractivity contribution in [3.05, 3.63) is 29.8 Å². The number of amides is 1. The number of carbonyl (C=O) groups is 1. The maximum Gasteiger partial charge on any atom is 0.270 e. The first-order chi connectivity index (χ1) is 8.15. The van der Waals surface area contributed by atoms with Crippen LogP contribution in [0, 0.1) is 5.82 Å².